The summed E-state index contributed by atoms with van der Waals surface area (Å²) in [6.07, 6.45) is -7.82. The summed E-state index contributed by atoms with van der Waals surface area (Å²) in [6, 6.07) is 9.32. The first-order valence-corrected chi connectivity index (χ1v) is 9.32. The summed E-state index contributed by atoms with van der Waals surface area (Å²) in [5.41, 5.74) is -2.63. The Morgan fingerprint density at radius 3 is 1.93 bits per heavy atom. The Bertz CT molecular complexity index is 970. The molecule has 2 aromatic carbocycles. The van der Waals surface area contributed by atoms with Crippen LogP contribution in [0.5, 0.6) is 0 Å². The Morgan fingerprint density at radius 1 is 0.800 bits per heavy atom. The lowest BCUT2D eigenvalue weighted by Gasteiger charge is -2.15. The molecular formula is C21H17F6N3. The molecule has 3 aromatic rings. The molecule has 0 spiro atoms. The van der Waals surface area contributed by atoms with E-state index < -0.39 is 23.5 Å². The fourth-order valence-corrected chi connectivity index (χ4v) is 3.75. The van der Waals surface area contributed by atoms with Gasteiger partial charge >= 0.3 is 12.4 Å². The summed E-state index contributed by atoms with van der Waals surface area (Å²) in [7, 11) is 0. The third-order valence-corrected chi connectivity index (χ3v) is 5.10. The van der Waals surface area contributed by atoms with Gasteiger partial charge in [0.05, 0.1) is 28.6 Å². The highest BCUT2D eigenvalue weighted by Gasteiger charge is 2.38. The Hall–Kier alpha value is -2.81. The Balaban J connectivity index is 1.97. The van der Waals surface area contributed by atoms with E-state index in [2.05, 4.69) is 15.3 Å². The van der Waals surface area contributed by atoms with Crippen LogP contribution in [0.25, 0.3) is 22.5 Å². The van der Waals surface area contributed by atoms with Crippen LogP contribution in [0.1, 0.15) is 35.8 Å². The molecule has 1 fully saturated rings. The minimum atomic E-state index is -4.68. The van der Waals surface area contributed by atoms with Gasteiger partial charge < -0.3 is 10.3 Å². The van der Waals surface area contributed by atoms with Crippen LogP contribution < -0.4 is 5.32 Å². The number of hydrogen-bond acceptors (Lipinski definition) is 2. The van der Waals surface area contributed by atoms with Crippen molar-refractivity contribution in [3.63, 3.8) is 0 Å². The number of alkyl halides is 6. The van der Waals surface area contributed by atoms with Crippen LogP contribution in [-0.2, 0) is 12.4 Å². The predicted molar refractivity (Wildman–Crippen MR) is 99.4 cm³/mol. The number of nitrogens with zero attached hydrogens (tertiary/aromatic N) is 1. The predicted octanol–water partition coefficient (Wildman–Crippen LogP) is 6.21. The van der Waals surface area contributed by atoms with Gasteiger partial charge in [-0.3, -0.25) is 0 Å². The zero-order valence-corrected chi connectivity index (χ0v) is 15.5. The monoisotopic (exact) mass is 425 g/mol. The fraction of sp³-hybridized carbons (Fsp3) is 0.286. The fourth-order valence-electron chi connectivity index (χ4n) is 3.75. The normalized spacial score (nSPS) is 17.5. The average Bonchev–Trinajstić information content (AvgIpc) is 3.36. The van der Waals surface area contributed by atoms with Crippen molar-refractivity contribution >= 4 is 0 Å². The number of imidazole rings is 1. The third-order valence-electron chi connectivity index (χ3n) is 5.10. The van der Waals surface area contributed by atoms with Gasteiger partial charge in [0.2, 0.25) is 0 Å². The lowest BCUT2D eigenvalue weighted by Crippen LogP contribution is -2.14. The highest BCUT2D eigenvalue weighted by atomic mass is 19.4. The average molecular weight is 425 g/mol. The molecule has 158 valence electrons. The van der Waals surface area contributed by atoms with Crippen LogP contribution >= 0.6 is 0 Å². The van der Waals surface area contributed by atoms with E-state index in [1.165, 1.54) is 36.4 Å². The van der Waals surface area contributed by atoms with E-state index >= 15 is 0 Å². The molecule has 1 saturated heterocycles. The highest BCUT2D eigenvalue weighted by Crippen LogP contribution is 2.43. The summed E-state index contributed by atoms with van der Waals surface area (Å²) >= 11 is 0. The summed E-state index contributed by atoms with van der Waals surface area (Å²) in [4.78, 5) is 7.24. The summed E-state index contributed by atoms with van der Waals surface area (Å²) < 4.78 is 81.7. The maximum absolute atomic E-state index is 13.6. The van der Waals surface area contributed by atoms with Gasteiger partial charge in [-0.2, -0.15) is 26.3 Å². The van der Waals surface area contributed by atoms with Gasteiger partial charge in [0.25, 0.3) is 0 Å². The summed E-state index contributed by atoms with van der Waals surface area (Å²) in [6.45, 7) is 0.703. The van der Waals surface area contributed by atoms with E-state index in [1.54, 1.807) is 0 Å². The molecule has 0 aliphatic carbocycles. The van der Waals surface area contributed by atoms with Gasteiger partial charge in [0.1, 0.15) is 5.82 Å². The number of hydrogen-bond donors (Lipinski definition) is 2. The van der Waals surface area contributed by atoms with E-state index in [4.69, 9.17) is 0 Å². The first kappa shape index (κ1) is 20.5. The second kappa shape index (κ2) is 7.46. The Morgan fingerprint density at radius 2 is 1.37 bits per heavy atom. The highest BCUT2D eigenvalue weighted by molar-refractivity contribution is 5.82. The number of aromatic nitrogens is 2. The molecule has 0 radical (unpaired) electrons. The second-order valence-corrected chi connectivity index (χ2v) is 7.08. The molecule has 30 heavy (non-hydrogen) atoms. The molecule has 9 heteroatoms. The standard InChI is InChI=1S/C21H17F6N3/c22-20(23,24)14-8-3-1-6-12(14)17-18(30-19(29-17)16-10-5-11-28-16)13-7-2-4-9-15(13)21(25,26)27/h1-4,6-9,16,28H,5,10-11H2,(H,29,30). The first-order valence-electron chi connectivity index (χ1n) is 9.32. The smallest absolute Gasteiger partial charge is 0.340 e. The summed E-state index contributed by atoms with van der Waals surface area (Å²) in [5, 5.41) is 3.17. The molecule has 1 atom stereocenters. The molecule has 0 saturated carbocycles. The van der Waals surface area contributed by atoms with E-state index in [9.17, 15) is 26.3 Å². The minimum absolute atomic E-state index is 0.0803. The van der Waals surface area contributed by atoms with Gasteiger partial charge in [0, 0.05) is 11.1 Å². The van der Waals surface area contributed by atoms with Gasteiger partial charge in [-0.1, -0.05) is 36.4 Å². The zero-order chi connectivity index (χ0) is 21.5. The van der Waals surface area contributed by atoms with E-state index in [-0.39, 0.29) is 28.6 Å². The van der Waals surface area contributed by atoms with Crippen LogP contribution in [0.4, 0.5) is 26.3 Å². The van der Waals surface area contributed by atoms with Gasteiger partial charge in [-0.05, 0) is 31.5 Å². The Kier molecular flexibility index (Phi) is 5.09. The van der Waals surface area contributed by atoms with Crippen LogP contribution in [0, 0.1) is 0 Å². The van der Waals surface area contributed by atoms with Gasteiger partial charge in [-0.25, -0.2) is 4.98 Å². The molecule has 1 unspecified atom stereocenters. The maximum atomic E-state index is 13.6. The SMILES string of the molecule is FC(F)(F)c1ccccc1-c1nc(C2CCCN2)[nH]c1-c1ccccc1C(F)(F)F. The van der Waals surface area contributed by atoms with Crippen molar-refractivity contribution < 1.29 is 26.3 Å². The van der Waals surface area contributed by atoms with Gasteiger partial charge in [0.15, 0.2) is 0 Å². The number of benzene rings is 2. The third kappa shape index (κ3) is 3.81. The van der Waals surface area contributed by atoms with Gasteiger partial charge in [-0.15, -0.1) is 0 Å². The molecule has 1 aliphatic rings. The zero-order valence-electron chi connectivity index (χ0n) is 15.5. The number of aromatic amines is 1. The Labute approximate surface area is 168 Å². The molecule has 1 aliphatic heterocycles. The lowest BCUT2D eigenvalue weighted by atomic mass is 9.97. The first-order chi connectivity index (χ1) is 14.2. The van der Waals surface area contributed by atoms with E-state index in [0.29, 0.717) is 18.8 Å². The molecule has 2 heterocycles. The largest absolute Gasteiger partial charge is 0.417 e. The van der Waals surface area contributed by atoms with Crippen molar-refractivity contribution in [1.29, 1.82) is 0 Å². The van der Waals surface area contributed by atoms with Crippen LogP contribution in [-0.4, -0.2) is 16.5 Å². The van der Waals surface area contributed by atoms with Crippen molar-refractivity contribution in [2.45, 2.75) is 31.2 Å². The number of halogens is 6. The van der Waals surface area contributed by atoms with E-state index in [1.807, 2.05) is 0 Å². The van der Waals surface area contributed by atoms with Crippen molar-refractivity contribution in [2.75, 3.05) is 6.54 Å². The number of nitrogens with one attached hydrogen (secondary N) is 2. The quantitative estimate of drug-likeness (QED) is 0.490. The molecule has 0 bridgehead atoms. The van der Waals surface area contributed by atoms with E-state index in [0.717, 1.165) is 18.6 Å². The minimum Gasteiger partial charge on any atom is -0.340 e. The maximum Gasteiger partial charge on any atom is 0.417 e. The molecule has 0 amide bonds. The topological polar surface area (TPSA) is 40.7 Å². The lowest BCUT2D eigenvalue weighted by molar-refractivity contribution is -0.138. The number of H-pyrrole nitrogens is 1. The molecule has 4 rings (SSSR count). The second-order valence-electron chi connectivity index (χ2n) is 7.08. The van der Waals surface area contributed by atoms with Crippen LogP contribution in [0.2, 0.25) is 0 Å². The van der Waals surface area contributed by atoms with Crippen molar-refractivity contribution in [1.82, 2.24) is 15.3 Å². The molecule has 1 aromatic heterocycles. The van der Waals surface area contributed by atoms with Crippen molar-refractivity contribution in [2.24, 2.45) is 0 Å². The molecule has 3 nitrogen and oxygen atoms in total. The number of rotatable bonds is 3. The summed E-state index contributed by atoms with van der Waals surface area (Å²) in [5.74, 6) is 0.325. The molecule has 2 N–H and O–H groups in total. The van der Waals surface area contributed by atoms with Crippen molar-refractivity contribution in [3.05, 3.63) is 65.5 Å². The van der Waals surface area contributed by atoms with Crippen LogP contribution in [0.3, 0.4) is 0 Å². The van der Waals surface area contributed by atoms with Crippen molar-refractivity contribution in [3.8, 4) is 22.5 Å². The van der Waals surface area contributed by atoms with Crippen LogP contribution in [0.15, 0.2) is 48.5 Å². The molecular weight excluding hydrogens is 408 g/mol.